The van der Waals surface area contributed by atoms with Gasteiger partial charge in [0.15, 0.2) is 0 Å². The minimum atomic E-state index is -0.866. The summed E-state index contributed by atoms with van der Waals surface area (Å²) in [5.41, 5.74) is 13.8. The van der Waals surface area contributed by atoms with E-state index in [9.17, 15) is 10.5 Å². The molecule has 220 valence electrons. The molecule has 42 heavy (non-hydrogen) atoms. The number of hydrogen-bond acceptors (Lipinski definition) is 4. The number of aryl methyl sites for hydroxylation is 1. The van der Waals surface area contributed by atoms with Crippen LogP contribution in [-0.2, 0) is 24.2 Å². The van der Waals surface area contributed by atoms with Crippen molar-refractivity contribution in [3.63, 3.8) is 0 Å². The van der Waals surface area contributed by atoms with E-state index in [-0.39, 0.29) is 11.8 Å². The summed E-state index contributed by atoms with van der Waals surface area (Å²) >= 11 is 0. The molecule has 1 fully saturated rings. The molecule has 8 heteroatoms. The number of carbonyl (C=O) groups is 1. The summed E-state index contributed by atoms with van der Waals surface area (Å²) in [6.45, 7) is 2.03. The van der Waals surface area contributed by atoms with Crippen molar-refractivity contribution >= 4 is 22.6 Å². The van der Waals surface area contributed by atoms with Gasteiger partial charge in [-0.3, -0.25) is 10.2 Å². The fourth-order valence-electron chi connectivity index (χ4n) is 5.72. The molecule has 5 N–H and O–H groups in total. The number of methoxy groups -OCH3 is 1. The van der Waals surface area contributed by atoms with Gasteiger partial charge >= 0.3 is 0 Å². The zero-order valence-corrected chi connectivity index (χ0v) is 24.2. The minimum Gasteiger partial charge on any atom is -0.656 e. The lowest BCUT2D eigenvalue weighted by atomic mass is 9.95. The van der Waals surface area contributed by atoms with Crippen LogP contribution in [0.1, 0.15) is 36.0 Å². The van der Waals surface area contributed by atoms with Crippen molar-refractivity contribution in [2.75, 3.05) is 20.2 Å². The van der Waals surface area contributed by atoms with Crippen LogP contribution in [0, 0.1) is 11.3 Å². The molecule has 0 aliphatic carbocycles. The predicted molar refractivity (Wildman–Crippen MR) is 169 cm³/mol. The van der Waals surface area contributed by atoms with E-state index in [1.54, 1.807) is 7.11 Å². The highest BCUT2D eigenvalue weighted by Gasteiger charge is 2.28. The average molecular weight is 566 g/mol. The van der Waals surface area contributed by atoms with Gasteiger partial charge in [0, 0.05) is 42.0 Å². The number of nitrogens with zero attached hydrogens (tertiary/aromatic N) is 1. The Kier molecular flexibility index (Phi) is 9.90. The Hall–Kier alpha value is -4.14. The number of benzene rings is 3. The number of fused-ring (bicyclic) bond motifs is 1. The van der Waals surface area contributed by atoms with Gasteiger partial charge in [-0.05, 0) is 79.8 Å². The van der Waals surface area contributed by atoms with E-state index in [1.807, 2.05) is 71.8 Å². The first-order chi connectivity index (χ1) is 20.5. The summed E-state index contributed by atoms with van der Waals surface area (Å²) in [7, 11) is 1.64. The van der Waals surface area contributed by atoms with Gasteiger partial charge in [-0.1, -0.05) is 60.7 Å². The van der Waals surface area contributed by atoms with Crippen LogP contribution in [0.4, 0.5) is 0 Å². The number of nitrogens with one attached hydrogen (secondary N) is 5. The number of aromatic amines is 1. The van der Waals surface area contributed by atoms with Gasteiger partial charge in [0.2, 0.25) is 5.91 Å². The third kappa shape index (κ3) is 7.38. The quantitative estimate of drug-likeness (QED) is 0.130. The summed E-state index contributed by atoms with van der Waals surface area (Å²) in [6.07, 6.45) is 4.38. The summed E-state index contributed by atoms with van der Waals surface area (Å²) in [5, 5.41) is 16.9. The van der Waals surface area contributed by atoms with Crippen LogP contribution < -0.4 is 15.4 Å². The van der Waals surface area contributed by atoms with Crippen molar-refractivity contribution in [1.29, 1.82) is 5.41 Å². The standard InChI is InChI=1S/C34H41N6O2/c1-42-28-14-11-25(12-15-28)23-40(32(35)16-13-24-7-3-2-4-8-24)33(36)31(39-34(41)26-17-19-37-20-18-26)21-27-22-38-30-10-6-5-9-29(27)30/h2-12,14-15,22,26,31,33,35-38H,13,16-21,23H2,1H3,(H,39,41)/q-1/t31-,33?/m1/s1. The molecule has 0 spiro atoms. The zero-order chi connectivity index (χ0) is 29.3. The molecular formula is C34H41N6O2-. The van der Waals surface area contributed by atoms with Gasteiger partial charge in [-0.15, -0.1) is 0 Å². The molecule has 5 rings (SSSR count). The van der Waals surface area contributed by atoms with Gasteiger partial charge in [0.1, 0.15) is 5.75 Å². The number of rotatable bonds is 12. The molecular weight excluding hydrogens is 524 g/mol. The maximum atomic E-state index is 13.5. The second-order valence-electron chi connectivity index (χ2n) is 11.1. The number of amidine groups is 1. The fourth-order valence-corrected chi connectivity index (χ4v) is 5.72. The average Bonchev–Trinajstić information content (AvgIpc) is 3.45. The molecule has 2 heterocycles. The second kappa shape index (κ2) is 14.2. The Labute approximate surface area is 248 Å². The molecule has 2 atom stereocenters. The summed E-state index contributed by atoms with van der Waals surface area (Å²) in [5.74, 6) is 1.07. The third-order valence-electron chi connectivity index (χ3n) is 8.22. The Morgan fingerprint density at radius 3 is 2.48 bits per heavy atom. The van der Waals surface area contributed by atoms with Gasteiger partial charge in [0.05, 0.1) is 12.9 Å². The number of hydrogen-bond donors (Lipinski definition) is 4. The molecule has 8 nitrogen and oxygen atoms in total. The monoisotopic (exact) mass is 565 g/mol. The van der Waals surface area contributed by atoms with Crippen LogP contribution in [0.2, 0.25) is 0 Å². The highest BCUT2D eigenvalue weighted by molar-refractivity contribution is 5.84. The maximum absolute atomic E-state index is 13.5. The van der Waals surface area contributed by atoms with Crippen molar-refractivity contribution in [3.8, 4) is 5.75 Å². The number of amides is 1. The lowest BCUT2D eigenvalue weighted by molar-refractivity contribution is -0.126. The van der Waals surface area contributed by atoms with Crippen molar-refractivity contribution in [2.24, 2.45) is 5.92 Å². The SMILES string of the molecule is COc1ccc(CN(C(=N)CCc2ccccc2)C([NH-])[C@@H](Cc2c[nH]c3ccccc23)NC(=O)C2CCNCC2)cc1. The van der Waals surface area contributed by atoms with E-state index in [0.717, 1.165) is 59.3 Å². The van der Waals surface area contributed by atoms with Crippen LogP contribution in [0.25, 0.3) is 16.6 Å². The maximum Gasteiger partial charge on any atom is 0.223 e. The molecule has 3 aromatic carbocycles. The van der Waals surface area contributed by atoms with Crippen LogP contribution in [0.3, 0.4) is 0 Å². The number of H-pyrrole nitrogens is 1. The topological polar surface area (TPSA) is 117 Å². The summed E-state index contributed by atoms with van der Waals surface area (Å²) < 4.78 is 5.34. The predicted octanol–water partition coefficient (Wildman–Crippen LogP) is 5.69. The molecule has 0 saturated carbocycles. The number of para-hydroxylation sites is 1. The molecule has 1 saturated heterocycles. The van der Waals surface area contributed by atoms with Crippen LogP contribution >= 0.6 is 0 Å². The summed E-state index contributed by atoms with van der Waals surface area (Å²) in [4.78, 5) is 18.7. The first-order valence-electron chi connectivity index (χ1n) is 14.8. The Morgan fingerprint density at radius 2 is 1.74 bits per heavy atom. The van der Waals surface area contributed by atoms with Crippen molar-refractivity contribution in [3.05, 3.63) is 107 Å². The van der Waals surface area contributed by atoms with E-state index in [1.165, 1.54) is 0 Å². The number of carbonyl (C=O) groups excluding carboxylic acids is 1. The van der Waals surface area contributed by atoms with Crippen molar-refractivity contribution < 1.29 is 9.53 Å². The van der Waals surface area contributed by atoms with E-state index in [2.05, 4.69) is 33.8 Å². The molecule has 4 aromatic rings. The molecule has 0 radical (unpaired) electrons. The largest absolute Gasteiger partial charge is 0.656 e. The highest BCUT2D eigenvalue weighted by Crippen LogP contribution is 2.24. The van der Waals surface area contributed by atoms with E-state index < -0.39 is 12.2 Å². The van der Waals surface area contributed by atoms with Crippen molar-refractivity contribution in [1.82, 2.24) is 20.5 Å². The molecule has 1 aromatic heterocycles. The van der Waals surface area contributed by atoms with Crippen LogP contribution in [0.5, 0.6) is 5.75 Å². The molecule has 0 bridgehead atoms. The Balaban J connectivity index is 1.42. The van der Waals surface area contributed by atoms with Gasteiger partial charge < -0.3 is 31.0 Å². The van der Waals surface area contributed by atoms with E-state index in [0.29, 0.717) is 31.6 Å². The zero-order valence-electron chi connectivity index (χ0n) is 24.2. The Bertz CT molecular complexity index is 1450. The Morgan fingerprint density at radius 1 is 1.02 bits per heavy atom. The highest BCUT2D eigenvalue weighted by atomic mass is 16.5. The normalized spacial score (nSPS) is 15.2. The van der Waals surface area contributed by atoms with Crippen molar-refractivity contribution in [2.45, 2.75) is 50.9 Å². The lowest BCUT2D eigenvalue weighted by Crippen LogP contribution is -2.54. The second-order valence-corrected chi connectivity index (χ2v) is 11.1. The molecule has 1 aliphatic rings. The first-order valence-corrected chi connectivity index (χ1v) is 14.8. The van der Waals surface area contributed by atoms with E-state index in [4.69, 9.17) is 10.1 Å². The van der Waals surface area contributed by atoms with Crippen LogP contribution in [-0.4, -0.2) is 54.0 Å². The molecule has 1 aliphatic heterocycles. The minimum absolute atomic E-state index is 0.00111. The summed E-state index contributed by atoms with van der Waals surface area (Å²) in [6, 6.07) is 25.5. The van der Waals surface area contributed by atoms with Gasteiger partial charge in [0.25, 0.3) is 0 Å². The van der Waals surface area contributed by atoms with Crippen LogP contribution in [0.15, 0.2) is 85.1 Å². The van der Waals surface area contributed by atoms with Gasteiger partial charge in [-0.2, -0.15) is 0 Å². The number of ether oxygens (including phenoxy) is 1. The molecule has 1 unspecified atom stereocenters. The number of aromatic nitrogens is 1. The number of piperidine rings is 1. The van der Waals surface area contributed by atoms with Gasteiger partial charge in [-0.25, -0.2) is 0 Å². The molecule has 1 amide bonds. The van der Waals surface area contributed by atoms with E-state index >= 15 is 0 Å². The smallest absolute Gasteiger partial charge is 0.223 e. The third-order valence-corrected chi connectivity index (χ3v) is 8.22. The first kappa shape index (κ1) is 29.4. The lowest BCUT2D eigenvalue weighted by Gasteiger charge is -2.43. The fraction of sp³-hybridized carbons (Fsp3) is 0.353.